The molecule has 2 aromatic rings. The largest absolute Gasteiger partial charge is 0.484 e. The van der Waals surface area contributed by atoms with Crippen LogP contribution in [0, 0.1) is 13.7 Å². The fourth-order valence-corrected chi connectivity index (χ4v) is 1.97. The molecule has 0 aliphatic rings. The highest BCUT2D eigenvalue weighted by molar-refractivity contribution is 14.1. The summed E-state index contributed by atoms with van der Waals surface area (Å²) in [6.45, 7) is 3.65. The van der Waals surface area contributed by atoms with Crippen LogP contribution < -0.4 is 4.74 Å². The Balaban J connectivity index is 2.45. The normalized spacial score (nSPS) is 10.7. The maximum atomic E-state index is 11.0. The summed E-state index contributed by atoms with van der Waals surface area (Å²) in [5.74, 6) is 0.253. The minimum Gasteiger partial charge on any atom is -0.484 e. The van der Waals surface area contributed by atoms with Gasteiger partial charge in [-0.3, -0.25) is 10.1 Å². The standard InChI is InChI=1S/C12H12IN3O3/c1-8(2)19-12-5-10(3-4-11(12)16(17)18)15-7-9(13)6-14-15/h3-8H,1-2H3. The molecule has 6 nitrogen and oxygen atoms in total. The van der Waals surface area contributed by atoms with Crippen LogP contribution in [0.4, 0.5) is 5.69 Å². The Kier molecular flexibility index (Phi) is 4.03. The van der Waals surface area contributed by atoms with Gasteiger partial charge in [0.15, 0.2) is 5.75 Å². The Morgan fingerprint density at radius 3 is 2.74 bits per heavy atom. The average Bonchev–Trinajstić information content (AvgIpc) is 2.74. The second-order valence-electron chi connectivity index (χ2n) is 4.18. The molecule has 1 heterocycles. The first-order chi connectivity index (χ1) is 8.97. The lowest BCUT2D eigenvalue weighted by molar-refractivity contribution is -0.386. The molecule has 0 atom stereocenters. The number of nitro benzene ring substituents is 1. The van der Waals surface area contributed by atoms with Crippen molar-refractivity contribution < 1.29 is 9.66 Å². The second-order valence-corrected chi connectivity index (χ2v) is 5.42. The lowest BCUT2D eigenvalue weighted by Crippen LogP contribution is -2.08. The van der Waals surface area contributed by atoms with Gasteiger partial charge < -0.3 is 4.74 Å². The molecule has 2 rings (SSSR count). The zero-order chi connectivity index (χ0) is 14.0. The Labute approximate surface area is 123 Å². The van der Waals surface area contributed by atoms with Gasteiger partial charge >= 0.3 is 5.69 Å². The van der Waals surface area contributed by atoms with E-state index in [1.165, 1.54) is 6.07 Å². The van der Waals surface area contributed by atoms with Gasteiger partial charge in [0.2, 0.25) is 0 Å². The van der Waals surface area contributed by atoms with Crippen LogP contribution in [0.2, 0.25) is 0 Å². The van der Waals surface area contributed by atoms with Crippen LogP contribution >= 0.6 is 22.6 Å². The minimum atomic E-state index is -0.450. The van der Waals surface area contributed by atoms with E-state index in [1.54, 1.807) is 23.0 Å². The van der Waals surface area contributed by atoms with E-state index < -0.39 is 4.92 Å². The minimum absolute atomic E-state index is 0.0423. The Morgan fingerprint density at radius 1 is 1.47 bits per heavy atom. The van der Waals surface area contributed by atoms with Gasteiger partial charge in [-0.25, -0.2) is 4.68 Å². The molecule has 0 fully saturated rings. The number of nitrogens with zero attached hydrogens (tertiary/aromatic N) is 3. The van der Waals surface area contributed by atoms with Gasteiger partial charge in [0, 0.05) is 18.3 Å². The maximum absolute atomic E-state index is 11.0. The van der Waals surface area contributed by atoms with Gasteiger partial charge in [-0.05, 0) is 42.5 Å². The number of hydrogen-bond donors (Lipinski definition) is 0. The van der Waals surface area contributed by atoms with Crippen LogP contribution in [-0.2, 0) is 0 Å². The molecule has 0 bridgehead atoms. The number of benzene rings is 1. The topological polar surface area (TPSA) is 70.2 Å². The second kappa shape index (κ2) is 5.55. The molecule has 1 aromatic heterocycles. The van der Waals surface area contributed by atoms with Crippen LogP contribution in [0.3, 0.4) is 0 Å². The van der Waals surface area contributed by atoms with Crippen molar-refractivity contribution in [2.24, 2.45) is 0 Å². The van der Waals surface area contributed by atoms with Crippen molar-refractivity contribution in [3.05, 3.63) is 44.3 Å². The number of hydrogen-bond acceptors (Lipinski definition) is 4. The third-order valence-electron chi connectivity index (χ3n) is 2.32. The summed E-state index contributed by atoms with van der Waals surface area (Å²) < 4.78 is 8.13. The van der Waals surface area contributed by atoms with Gasteiger partial charge in [-0.15, -0.1) is 0 Å². The van der Waals surface area contributed by atoms with Gasteiger partial charge in [0.1, 0.15) is 0 Å². The summed E-state index contributed by atoms with van der Waals surface area (Å²) in [5, 5.41) is 15.1. The first-order valence-electron chi connectivity index (χ1n) is 5.63. The fourth-order valence-electron chi connectivity index (χ4n) is 1.59. The van der Waals surface area contributed by atoms with Crippen molar-refractivity contribution >= 4 is 28.3 Å². The number of ether oxygens (including phenoxy) is 1. The van der Waals surface area contributed by atoms with E-state index in [0.717, 1.165) is 9.26 Å². The quantitative estimate of drug-likeness (QED) is 0.469. The van der Waals surface area contributed by atoms with E-state index in [1.807, 2.05) is 20.0 Å². The first-order valence-corrected chi connectivity index (χ1v) is 6.71. The van der Waals surface area contributed by atoms with Crippen molar-refractivity contribution in [3.8, 4) is 11.4 Å². The predicted octanol–water partition coefficient (Wildman–Crippen LogP) is 3.17. The molecule has 1 aromatic carbocycles. The van der Waals surface area contributed by atoms with Crippen LogP contribution in [0.1, 0.15) is 13.8 Å². The number of rotatable bonds is 4. The molecule has 0 radical (unpaired) electrons. The summed E-state index contributed by atoms with van der Waals surface area (Å²) in [7, 11) is 0. The summed E-state index contributed by atoms with van der Waals surface area (Å²) in [6, 6.07) is 4.71. The lowest BCUT2D eigenvalue weighted by atomic mass is 10.2. The molecule has 0 saturated heterocycles. The van der Waals surface area contributed by atoms with Gasteiger partial charge in [-0.2, -0.15) is 5.10 Å². The molecule has 0 amide bonds. The third-order valence-corrected chi connectivity index (χ3v) is 2.88. The molecule has 7 heteroatoms. The van der Waals surface area contributed by atoms with Crippen LogP contribution in [0.15, 0.2) is 30.6 Å². The van der Waals surface area contributed by atoms with E-state index in [9.17, 15) is 10.1 Å². The zero-order valence-corrected chi connectivity index (χ0v) is 12.6. The van der Waals surface area contributed by atoms with Crippen LogP contribution in [-0.4, -0.2) is 20.8 Å². The van der Waals surface area contributed by atoms with Gasteiger partial charge in [0.05, 0.1) is 26.5 Å². The van der Waals surface area contributed by atoms with E-state index in [0.29, 0.717) is 0 Å². The molecular formula is C12H12IN3O3. The van der Waals surface area contributed by atoms with E-state index >= 15 is 0 Å². The van der Waals surface area contributed by atoms with Gasteiger partial charge in [0.25, 0.3) is 0 Å². The molecule has 0 spiro atoms. The number of aromatic nitrogens is 2. The fraction of sp³-hybridized carbons (Fsp3) is 0.250. The first kappa shape index (κ1) is 13.8. The lowest BCUT2D eigenvalue weighted by Gasteiger charge is -2.11. The zero-order valence-electron chi connectivity index (χ0n) is 10.4. The van der Waals surface area contributed by atoms with E-state index in [4.69, 9.17) is 4.74 Å². The molecule has 100 valence electrons. The Morgan fingerprint density at radius 2 is 2.21 bits per heavy atom. The van der Waals surface area contributed by atoms with Crippen molar-refractivity contribution in [2.75, 3.05) is 0 Å². The van der Waals surface area contributed by atoms with E-state index in [-0.39, 0.29) is 17.5 Å². The highest BCUT2D eigenvalue weighted by Gasteiger charge is 2.17. The highest BCUT2D eigenvalue weighted by Crippen LogP contribution is 2.30. The molecular weight excluding hydrogens is 361 g/mol. The van der Waals surface area contributed by atoms with Crippen molar-refractivity contribution in [2.45, 2.75) is 20.0 Å². The van der Waals surface area contributed by atoms with Crippen molar-refractivity contribution in [1.82, 2.24) is 9.78 Å². The maximum Gasteiger partial charge on any atom is 0.311 e. The Bertz CT molecular complexity index is 610. The number of halogens is 1. The average molecular weight is 373 g/mol. The molecule has 19 heavy (non-hydrogen) atoms. The van der Waals surface area contributed by atoms with Crippen molar-refractivity contribution in [3.63, 3.8) is 0 Å². The molecule has 0 N–H and O–H groups in total. The third kappa shape index (κ3) is 3.22. The van der Waals surface area contributed by atoms with Crippen LogP contribution in [0.25, 0.3) is 5.69 Å². The Hall–Kier alpha value is -1.64. The molecule has 0 unspecified atom stereocenters. The van der Waals surface area contributed by atoms with Gasteiger partial charge in [-0.1, -0.05) is 0 Å². The summed E-state index contributed by atoms with van der Waals surface area (Å²) in [6.07, 6.45) is 3.41. The summed E-state index contributed by atoms with van der Waals surface area (Å²) in [5.41, 5.74) is 0.684. The monoisotopic (exact) mass is 373 g/mol. The highest BCUT2D eigenvalue weighted by atomic mass is 127. The molecule has 0 aliphatic carbocycles. The smallest absolute Gasteiger partial charge is 0.311 e. The number of nitro groups is 1. The SMILES string of the molecule is CC(C)Oc1cc(-n2cc(I)cn2)ccc1[N+](=O)[O-]. The summed E-state index contributed by atoms with van der Waals surface area (Å²) in [4.78, 5) is 10.5. The molecule has 0 saturated carbocycles. The van der Waals surface area contributed by atoms with E-state index in [2.05, 4.69) is 27.7 Å². The summed E-state index contributed by atoms with van der Waals surface area (Å²) >= 11 is 2.15. The van der Waals surface area contributed by atoms with Crippen molar-refractivity contribution in [1.29, 1.82) is 0 Å². The predicted molar refractivity (Wildman–Crippen MR) is 78.7 cm³/mol. The van der Waals surface area contributed by atoms with Crippen LogP contribution in [0.5, 0.6) is 5.75 Å². The molecule has 0 aliphatic heterocycles.